The maximum Gasteiger partial charge on any atom is 0.396 e. The van der Waals surface area contributed by atoms with Gasteiger partial charge in [0.05, 0.1) is 12.6 Å². The minimum Gasteiger partial charge on any atom is -0.459 e. The first-order valence-corrected chi connectivity index (χ1v) is 8.17. The van der Waals surface area contributed by atoms with Crippen LogP contribution in [0.4, 0.5) is 0 Å². The molecule has 1 rings (SSSR count). The standard InChI is InChI=1S/C18H27NO3/c1-3-4-5-6-7-11-14-22-18(21)17(20)19-15(2)16-12-9-8-10-13-16/h8-10,12-13,15H,3-7,11,14H2,1-2H3,(H,19,20)/t15-/m0/s1. The summed E-state index contributed by atoms with van der Waals surface area (Å²) < 4.78 is 5.00. The molecule has 0 aromatic heterocycles. The molecule has 0 saturated heterocycles. The summed E-state index contributed by atoms with van der Waals surface area (Å²) >= 11 is 0. The Labute approximate surface area is 133 Å². The third-order valence-electron chi connectivity index (χ3n) is 3.56. The lowest BCUT2D eigenvalue weighted by Crippen LogP contribution is -2.34. The van der Waals surface area contributed by atoms with E-state index in [9.17, 15) is 9.59 Å². The number of carbonyl (C=O) groups is 2. The van der Waals surface area contributed by atoms with Crippen molar-refractivity contribution in [2.24, 2.45) is 0 Å². The third kappa shape index (κ3) is 7.25. The topological polar surface area (TPSA) is 55.4 Å². The Morgan fingerprint density at radius 1 is 1.05 bits per heavy atom. The molecule has 1 aromatic rings. The van der Waals surface area contributed by atoms with Gasteiger partial charge in [-0.2, -0.15) is 0 Å². The number of ether oxygens (including phenoxy) is 1. The highest BCUT2D eigenvalue weighted by atomic mass is 16.5. The van der Waals surface area contributed by atoms with E-state index in [1.54, 1.807) is 0 Å². The van der Waals surface area contributed by atoms with Gasteiger partial charge in [0.2, 0.25) is 0 Å². The summed E-state index contributed by atoms with van der Waals surface area (Å²) in [7, 11) is 0. The van der Waals surface area contributed by atoms with Crippen LogP contribution in [0.2, 0.25) is 0 Å². The molecule has 22 heavy (non-hydrogen) atoms. The smallest absolute Gasteiger partial charge is 0.396 e. The molecule has 0 aliphatic heterocycles. The lowest BCUT2D eigenvalue weighted by Gasteiger charge is -2.13. The number of hydrogen-bond acceptors (Lipinski definition) is 3. The number of hydrogen-bond donors (Lipinski definition) is 1. The van der Waals surface area contributed by atoms with Crippen LogP contribution in [0, 0.1) is 0 Å². The Kier molecular flexibility index (Phi) is 8.96. The minimum absolute atomic E-state index is 0.213. The van der Waals surface area contributed by atoms with Crippen LogP contribution in [0.1, 0.15) is 64.0 Å². The molecule has 0 bridgehead atoms. The predicted octanol–water partition coefficient (Wildman–Crippen LogP) is 3.77. The van der Waals surface area contributed by atoms with Crippen LogP contribution in [0.3, 0.4) is 0 Å². The number of rotatable bonds is 9. The van der Waals surface area contributed by atoms with E-state index in [2.05, 4.69) is 12.2 Å². The van der Waals surface area contributed by atoms with Crippen molar-refractivity contribution in [2.45, 2.75) is 58.4 Å². The van der Waals surface area contributed by atoms with Crippen LogP contribution in [-0.2, 0) is 14.3 Å². The molecule has 0 saturated carbocycles. The van der Waals surface area contributed by atoms with E-state index in [-0.39, 0.29) is 6.04 Å². The number of esters is 1. The van der Waals surface area contributed by atoms with Gasteiger partial charge < -0.3 is 10.1 Å². The van der Waals surface area contributed by atoms with E-state index in [0.717, 1.165) is 24.8 Å². The second-order valence-electron chi connectivity index (χ2n) is 5.51. The van der Waals surface area contributed by atoms with Gasteiger partial charge in [0.1, 0.15) is 0 Å². The maximum atomic E-state index is 11.7. The molecule has 1 N–H and O–H groups in total. The van der Waals surface area contributed by atoms with Gasteiger partial charge >= 0.3 is 11.9 Å². The number of benzene rings is 1. The van der Waals surface area contributed by atoms with E-state index in [1.165, 1.54) is 19.3 Å². The van der Waals surface area contributed by atoms with Gasteiger partial charge in [0.25, 0.3) is 0 Å². The van der Waals surface area contributed by atoms with E-state index < -0.39 is 11.9 Å². The summed E-state index contributed by atoms with van der Waals surface area (Å²) in [4.78, 5) is 23.4. The molecule has 4 heteroatoms. The van der Waals surface area contributed by atoms with Crippen molar-refractivity contribution in [3.8, 4) is 0 Å². The van der Waals surface area contributed by atoms with Crippen molar-refractivity contribution in [1.82, 2.24) is 5.32 Å². The quantitative estimate of drug-likeness (QED) is 0.429. The summed E-state index contributed by atoms with van der Waals surface area (Å²) in [6, 6.07) is 9.31. The molecule has 0 radical (unpaired) electrons. The number of nitrogens with one attached hydrogen (secondary N) is 1. The lowest BCUT2D eigenvalue weighted by molar-refractivity contribution is -0.155. The first-order valence-electron chi connectivity index (χ1n) is 8.17. The van der Waals surface area contributed by atoms with E-state index >= 15 is 0 Å². The highest BCUT2D eigenvalue weighted by Gasteiger charge is 2.18. The fourth-order valence-corrected chi connectivity index (χ4v) is 2.19. The van der Waals surface area contributed by atoms with Gasteiger partial charge in [0, 0.05) is 0 Å². The zero-order valence-electron chi connectivity index (χ0n) is 13.6. The van der Waals surface area contributed by atoms with E-state index in [4.69, 9.17) is 4.74 Å². The van der Waals surface area contributed by atoms with Gasteiger partial charge in [-0.3, -0.25) is 4.79 Å². The van der Waals surface area contributed by atoms with E-state index in [0.29, 0.717) is 6.61 Å². The molecule has 0 aliphatic rings. The van der Waals surface area contributed by atoms with E-state index in [1.807, 2.05) is 37.3 Å². The summed E-state index contributed by atoms with van der Waals surface area (Å²) in [6.45, 7) is 4.34. The van der Waals surface area contributed by atoms with Gasteiger partial charge in [0.15, 0.2) is 0 Å². The fraction of sp³-hybridized carbons (Fsp3) is 0.556. The summed E-state index contributed by atoms with van der Waals surface area (Å²) in [6.07, 6.45) is 6.70. The molecule has 1 aromatic carbocycles. The first-order chi connectivity index (χ1) is 10.6. The predicted molar refractivity (Wildman–Crippen MR) is 87.3 cm³/mol. The van der Waals surface area contributed by atoms with Crippen LogP contribution in [0.25, 0.3) is 0 Å². The Balaban J connectivity index is 2.18. The average molecular weight is 305 g/mol. The third-order valence-corrected chi connectivity index (χ3v) is 3.56. The van der Waals surface area contributed by atoms with Crippen molar-refractivity contribution in [3.05, 3.63) is 35.9 Å². The number of amides is 1. The van der Waals surface area contributed by atoms with Gasteiger partial charge in [-0.1, -0.05) is 69.4 Å². The molecule has 0 heterocycles. The Bertz CT molecular complexity index is 445. The second kappa shape index (κ2) is 10.8. The van der Waals surface area contributed by atoms with Crippen LogP contribution in [-0.4, -0.2) is 18.5 Å². The SMILES string of the molecule is CCCCCCCCOC(=O)C(=O)N[C@@H](C)c1ccccc1. The Hall–Kier alpha value is -1.84. The molecular weight excluding hydrogens is 278 g/mol. The van der Waals surface area contributed by atoms with Crippen molar-refractivity contribution < 1.29 is 14.3 Å². The van der Waals surface area contributed by atoms with Crippen molar-refractivity contribution in [3.63, 3.8) is 0 Å². The molecule has 122 valence electrons. The molecule has 1 amide bonds. The van der Waals surface area contributed by atoms with Gasteiger partial charge in [-0.25, -0.2) is 4.79 Å². The van der Waals surface area contributed by atoms with Crippen LogP contribution in [0.5, 0.6) is 0 Å². The highest BCUT2D eigenvalue weighted by molar-refractivity contribution is 6.32. The zero-order chi connectivity index (χ0) is 16.2. The van der Waals surface area contributed by atoms with Crippen molar-refractivity contribution >= 4 is 11.9 Å². The molecular formula is C18H27NO3. The fourth-order valence-electron chi connectivity index (χ4n) is 2.19. The van der Waals surface area contributed by atoms with Gasteiger partial charge in [-0.05, 0) is 18.9 Å². The Morgan fingerprint density at radius 2 is 1.68 bits per heavy atom. The number of carbonyl (C=O) groups excluding carboxylic acids is 2. The van der Waals surface area contributed by atoms with Crippen molar-refractivity contribution in [1.29, 1.82) is 0 Å². The normalized spacial score (nSPS) is 11.7. The minimum atomic E-state index is -0.795. The lowest BCUT2D eigenvalue weighted by atomic mass is 10.1. The van der Waals surface area contributed by atoms with Gasteiger partial charge in [-0.15, -0.1) is 0 Å². The largest absolute Gasteiger partial charge is 0.459 e. The maximum absolute atomic E-state index is 11.7. The highest BCUT2D eigenvalue weighted by Crippen LogP contribution is 2.11. The molecule has 0 spiro atoms. The summed E-state index contributed by atoms with van der Waals surface area (Å²) in [5.41, 5.74) is 0.958. The first kappa shape index (κ1) is 18.2. The monoisotopic (exact) mass is 305 g/mol. The second-order valence-corrected chi connectivity index (χ2v) is 5.51. The molecule has 0 unspecified atom stereocenters. The average Bonchev–Trinajstić information content (AvgIpc) is 2.54. The Morgan fingerprint density at radius 3 is 2.36 bits per heavy atom. The molecule has 4 nitrogen and oxygen atoms in total. The molecule has 1 atom stereocenters. The number of unbranched alkanes of at least 4 members (excludes halogenated alkanes) is 5. The summed E-state index contributed by atoms with van der Waals surface area (Å²) in [5.74, 6) is -1.47. The molecule has 0 aliphatic carbocycles. The van der Waals surface area contributed by atoms with Crippen LogP contribution < -0.4 is 5.32 Å². The zero-order valence-corrected chi connectivity index (χ0v) is 13.6. The summed E-state index contributed by atoms with van der Waals surface area (Å²) in [5, 5.41) is 2.65. The van der Waals surface area contributed by atoms with Crippen molar-refractivity contribution in [2.75, 3.05) is 6.61 Å². The van der Waals surface area contributed by atoms with Crippen LogP contribution in [0.15, 0.2) is 30.3 Å². The molecule has 0 fully saturated rings. The van der Waals surface area contributed by atoms with Crippen LogP contribution >= 0.6 is 0 Å².